The number of aryl methyl sites for hydroxylation is 2. The van der Waals surface area contributed by atoms with Gasteiger partial charge in [0.05, 0.1) is 16.9 Å². The monoisotopic (exact) mass is 438 g/mol. The molecule has 0 aliphatic heterocycles. The lowest BCUT2D eigenvalue weighted by molar-refractivity contribution is -0.115. The van der Waals surface area contributed by atoms with E-state index in [1.807, 2.05) is 0 Å². The molecule has 0 aromatic carbocycles. The number of nitrogens with zero attached hydrogens (tertiary/aromatic N) is 4. The smallest absolute Gasteiger partial charge is 0.227 e. The van der Waals surface area contributed by atoms with Crippen molar-refractivity contribution in [2.45, 2.75) is 46.5 Å². The summed E-state index contributed by atoms with van der Waals surface area (Å²) in [5, 5.41) is 9.25. The van der Waals surface area contributed by atoms with E-state index < -0.39 is 0 Å². The zero-order chi connectivity index (χ0) is 18.8. The Labute approximate surface area is 172 Å². The largest absolute Gasteiger partial charge is 0.383 e. The van der Waals surface area contributed by atoms with Crippen LogP contribution in [-0.2, 0) is 23.4 Å². The number of hydrogen-bond donors (Lipinski definition) is 2. The standard InChI is InChI=1S/C16H18N6OS4/c17-10(23)6-24-15-21-22-16(27-15)25-7-11-19-13(18)12-8-4-2-1-3-5-9(8)26-14(12)20-11/h1-7H2,(H2,17,23)(H2,18,19,20). The van der Waals surface area contributed by atoms with Crippen LogP contribution in [0.3, 0.4) is 0 Å². The third-order valence-corrected chi connectivity index (χ3v) is 8.58. The highest BCUT2D eigenvalue weighted by Crippen LogP contribution is 2.38. The van der Waals surface area contributed by atoms with Crippen LogP contribution in [0.25, 0.3) is 10.2 Å². The summed E-state index contributed by atoms with van der Waals surface area (Å²) in [5.41, 5.74) is 12.8. The highest BCUT2D eigenvalue weighted by atomic mass is 32.2. The van der Waals surface area contributed by atoms with Gasteiger partial charge in [-0.15, -0.1) is 21.5 Å². The number of thiophene rings is 1. The molecule has 11 heteroatoms. The van der Waals surface area contributed by atoms with E-state index in [9.17, 15) is 4.79 Å². The summed E-state index contributed by atoms with van der Waals surface area (Å²) in [6, 6.07) is 0. The molecular weight excluding hydrogens is 420 g/mol. The van der Waals surface area contributed by atoms with E-state index >= 15 is 0 Å². The number of nitrogen functional groups attached to an aromatic ring is 1. The first-order chi connectivity index (χ1) is 13.1. The van der Waals surface area contributed by atoms with Gasteiger partial charge < -0.3 is 11.5 Å². The summed E-state index contributed by atoms with van der Waals surface area (Å²) < 4.78 is 1.54. The van der Waals surface area contributed by atoms with Crippen LogP contribution in [0.5, 0.6) is 0 Å². The number of aromatic nitrogens is 4. The number of amides is 1. The maximum absolute atomic E-state index is 10.8. The maximum atomic E-state index is 10.8. The van der Waals surface area contributed by atoms with E-state index in [1.54, 1.807) is 11.3 Å². The predicted molar refractivity (Wildman–Crippen MR) is 112 cm³/mol. The summed E-state index contributed by atoms with van der Waals surface area (Å²) >= 11 is 6.02. The highest BCUT2D eigenvalue weighted by Gasteiger charge is 2.19. The van der Waals surface area contributed by atoms with Crippen LogP contribution in [0.15, 0.2) is 8.68 Å². The Hall–Kier alpha value is -1.43. The van der Waals surface area contributed by atoms with Gasteiger partial charge in [-0.1, -0.05) is 41.3 Å². The molecule has 4 rings (SSSR count). The summed E-state index contributed by atoms with van der Waals surface area (Å²) in [7, 11) is 0. The molecule has 0 spiro atoms. The van der Waals surface area contributed by atoms with Crippen LogP contribution in [-0.4, -0.2) is 31.8 Å². The van der Waals surface area contributed by atoms with Crippen LogP contribution < -0.4 is 11.5 Å². The quantitative estimate of drug-likeness (QED) is 0.444. The van der Waals surface area contributed by atoms with Gasteiger partial charge in [-0.3, -0.25) is 4.79 Å². The molecule has 3 aromatic heterocycles. The second kappa shape index (κ2) is 8.29. The first kappa shape index (κ1) is 18.9. The van der Waals surface area contributed by atoms with Crippen molar-refractivity contribution in [3.8, 4) is 0 Å². The molecule has 0 radical (unpaired) electrons. The summed E-state index contributed by atoms with van der Waals surface area (Å²) in [5.74, 6) is 1.72. The van der Waals surface area contributed by atoms with Crippen molar-refractivity contribution in [1.82, 2.24) is 20.2 Å². The summed E-state index contributed by atoms with van der Waals surface area (Å²) in [4.78, 5) is 22.6. The molecular formula is C16H18N6OS4. The first-order valence-corrected chi connectivity index (χ1v) is 12.1. The molecule has 27 heavy (non-hydrogen) atoms. The van der Waals surface area contributed by atoms with Gasteiger partial charge in [-0.05, 0) is 31.2 Å². The minimum Gasteiger partial charge on any atom is -0.383 e. The Kier molecular flexibility index (Phi) is 5.81. The fourth-order valence-corrected chi connectivity index (χ4v) is 6.95. The molecule has 7 nitrogen and oxygen atoms in total. The average molecular weight is 439 g/mol. The number of fused-ring (bicyclic) bond motifs is 3. The maximum Gasteiger partial charge on any atom is 0.227 e. The Morgan fingerprint density at radius 3 is 2.63 bits per heavy atom. The lowest BCUT2D eigenvalue weighted by Gasteiger charge is -2.03. The minimum atomic E-state index is -0.365. The van der Waals surface area contributed by atoms with Gasteiger partial charge in [0.2, 0.25) is 5.91 Å². The lowest BCUT2D eigenvalue weighted by Crippen LogP contribution is -2.12. The molecule has 3 aromatic rings. The Morgan fingerprint density at radius 1 is 1.04 bits per heavy atom. The van der Waals surface area contributed by atoms with Crippen molar-refractivity contribution in [1.29, 1.82) is 0 Å². The zero-order valence-electron chi connectivity index (χ0n) is 14.4. The fourth-order valence-electron chi connectivity index (χ4n) is 3.05. The third kappa shape index (κ3) is 4.36. The van der Waals surface area contributed by atoms with Gasteiger partial charge in [-0.2, -0.15) is 0 Å². The molecule has 1 amide bonds. The Balaban J connectivity index is 1.49. The van der Waals surface area contributed by atoms with E-state index in [-0.39, 0.29) is 11.7 Å². The van der Waals surface area contributed by atoms with Crippen LogP contribution in [0.4, 0.5) is 5.82 Å². The summed E-state index contributed by atoms with van der Waals surface area (Å²) in [6.07, 6.45) is 5.93. The first-order valence-electron chi connectivity index (χ1n) is 8.54. The number of rotatable bonds is 6. The van der Waals surface area contributed by atoms with Crippen LogP contribution >= 0.6 is 46.2 Å². The second-order valence-electron chi connectivity index (χ2n) is 6.15. The number of carbonyl (C=O) groups excluding carboxylic acids is 1. The minimum absolute atomic E-state index is 0.207. The Morgan fingerprint density at radius 2 is 1.81 bits per heavy atom. The molecule has 0 atom stereocenters. The topological polar surface area (TPSA) is 121 Å². The molecule has 142 valence electrons. The molecule has 0 saturated carbocycles. The summed E-state index contributed by atoms with van der Waals surface area (Å²) in [6.45, 7) is 0. The molecule has 0 fully saturated rings. The number of thioether (sulfide) groups is 2. The van der Waals surface area contributed by atoms with Gasteiger partial charge in [-0.25, -0.2) is 9.97 Å². The lowest BCUT2D eigenvalue weighted by atomic mass is 10.1. The fraction of sp³-hybridized carbons (Fsp3) is 0.438. The van der Waals surface area contributed by atoms with Crippen LogP contribution in [0.2, 0.25) is 0 Å². The number of carbonyl (C=O) groups is 1. The van der Waals surface area contributed by atoms with Gasteiger partial charge in [0.15, 0.2) is 8.68 Å². The number of primary amides is 1. The van der Waals surface area contributed by atoms with E-state index in [2.05, 4.69) is 15.2 Å². The number of hydrogen-bond acceptors (Lipinski definition) is 10. The van der Waals surface area contributed by atoms with Gasteiger partial charge >= 0.3 is 0 Å². The second-order valence-corrected chi connectivity index (χ2v) is 10.7. The van der Waals surface area contributed by atoms with Crippen molar-refractivity contribution in [3.05, 3.63) is 16.3 Å². The van der Waals surface area contributed by atoms with Gasteiger partial charge in [0.1, 0.15) is 16.5 Å². The predicted octanol–water partition coefficient (Wildman–Crippen LogP) is 3.26. The van der Waals surface area contributed by atoms with E-state index in [0.717, 1.165) is 31.7 Å². The van der Waals surface area contributed by atoms with Crippen LogP contribution in [0, 0.1) is 0 Å². The normalized spacial score (nSPS) is 14.2. The molecule has 3 heterocycles. The van der Waals surface area contributed by atoms with Crippen molar-refractivity contribution in [3.63, 3.8) is 0 Å². The van der Waals surface area contributed by atoms with Crippen molar-refractivity contribution < 1.29 is 4.79 Å². The SMILES string of the molecule is NC(=O)CSc1nnc(SCc2nc(N)c3c4c(sc3n2)CCCCC4)s1. The van der Waals surface area contributed by atoms with E-state index in [4.69, 9.17) is 16.5 Å². The average Bonchev–Trinajstić information content (AvgIpc) is 3.16. The van der Waals surface area contributed by atoms with E-state index in [1.165, 1.54) is 64.6 Å². The van der Waals surface area contributed by atoms with Gasteiger partial charge in [0.25, 0.3) is 0 Å². The highest BCUT2D eigenvalue weighted by molar-refractivity contribution is 8.03. The molecule has 1 aliphatic rings. The van der Waals surface area contributed by atoms with E-state index in [0.29, 0.717) is 17.4 Å². The number of anilines is 1. The van der Waals surface area contributed by atoms with Crippen molar-refractivity contribution >= 4 is 68.1 Å². The molecule has 0 bridgehead atoms. The third-order valence-electron chi connectivity index (χ3n) is 4.19. The van der Waals surface area contributed by atoms with Crippen molar-refractivity contribution in [2.75, 3.05) is 11.5 Å². The number of nitrogens with two attached hydrogens (primary N) is 2. The molecule has 1 aliphatic carbocycles. The molecule has 4 N–H and O–H groups in total. The van der Waals surface area contributed by atoms with Crippen LogP contribution in [0.1, 0.15) is 35.5 Å². The molecule has 0 saturated heterocycles. The zero-order valence-corrected chi connectivity index (χ0v) is 17.7. The van der Waals surface area contributed by atoms with Crippen molar-refractivity contribution in [2.24, 2.45) is 5.73 Å². The van der Waals surface area contributed by atoms with Gasteiger partial charge in [0, 0.05) is 4.88 Å². The molecule has 0 unspecified atom stereocenters. The Bertz CT molecular complexity index is 985.